The van der Waals surface area contributed by atoms with Gasteiger partial charge in [-0.15, -0.1) is 0 Å². The molecule has 4 heteroatoms. The van der Waals surface area contributed by atoms with Crippen LogP contribution in [0.15, 0.2) is 46.9 Å². The van der Waals surface area contributed by atoms with Crippen molar-refractivity contribution in [3.8, 4) is 11.5 Å². The van der Waals surface area contributed by atoms with Gasteiger partial charge in [0.1, 0.15) is 11.3 Å². The van der Waals surface area contributed by atoms with Crippen molar-refractivity contribution in [2.75, 3.05) is 0 Å². The van der Waals surface area contributed by atoms with E-state index in [4.69, 9.17) is 4.42 Å². The normalized spacial score (nSPS) is 10.8. The van der Waals surface area contributed by atoms with Crippen LogP contribution in [0.4, 0.5) is 4.39 Å². The molecular formula is C15H10FNO2. The summed E-state index contributed by atoms with van der Waals surface area (Å²) in [4.78, 5) is 15.8. The molecule has 2 aromatic carbocycles. The second-order valence-electron chi connectivity index (χ2n) is 4.23. The van der Waals surface area contributed by atoms with Crippen LogP contribution in [0.5, 0.6) is 0 Å². The van der Waals surface area contributed by atoms with E-state index in [1.54, 1.807) is 30.3 Å². The number of oxazole rings is 1. The summed E-state index contributed by atoms with van der Waals surface area (Å²) in [7, 11) is 0. The van der Waals surface area contributed by atoms with Crippen molar-refractivity contribution in [1.82, 2.24) is 4.98 Å². The molecule has 0 saturated carbocycles. The van der Waals surface area contributed by atoms with Crippen LogP contribution in [0.2, 0.25) is 0 Å². The number of hydrogen-bond acceptors (Lipinski definition) is 3. The van der Waals surface area contributed by atoms with E-state index in [1.165, 1.54) is 19.1 Å². The zero-order chi connectivity index (χ0) is 13.4. The first-order valence-corrected chi connectivity index (χ1v) is 5.81. The molecule has 0 fully saturated rings. The van der Waals surface area contributed by atoms with Crippen molar-refractivity contribution in [3.05, 3.63) is 53.8 Å². The quantitative estimate of drug-likeness (QED) is 0.653. The lowest BCUT2D eigenvalue weighted by Gasteiger charge is -1.93. The second kappa shape index (κ2) is 4.31. The number of ketones is 1. The average Bonchev–Trinajstić information content (AvgIpc) is 2.82. The Hall–Kier alpha value is -2.49. The summed E-state index contributed by atoms with van der Waals surface area (Å²) >= 11 is 0. The van der Waals surface area contributed by atoms with E-state index in [2.05, 4.69) is 4.98 Å². The Morgan fingerprint density at radius 3 is 2.58 bits per heavy atom. The first kappa shape index (κ1) is 11.6. The number of Topliss-reactive ketones (excluding diaryl/α,β-unsaturated/α-hetero) is 1. The van der Waals surface area contributed by atoms with Crippen molar-refractivity contribution in [3.63, 3.8) is 0 Å². The number of halogens is 1. The zero-order valence-corrected chi connectivity index (χ0v) is 10.2. The molecule has 0 N–H and O–H groups in total. The first-order chi connectivity index (χ1) is 9.15. The van der Waals surface area contributed by atoms with Crippen LogP contribution in [0.25, 0.3) is 22.6 Å². The number of rotatable bonds is 2. The molecule has 3 rings (SSSR count). The minimum Gasteiger partial charge on any atom is -0.436 e. The molecule has 1 heterocycles. The van der Waals surface area contributed by atoms with Crippen molar-refractivity contribution < 1.29 is 13.6 Å². The smallest absolute Gasteiger partial charge is 0.227 e. The summed E-state index contributed by atoms with van der Waals surface area (Å²) in [5.41, 5.74) is 2.28. The zero-order valence-electron chi connectivity index (χ0n) is 10.2. The molecule has 0 bridgehead atoms. The maximum atomic E-state index is 12.9. The topological polar surface area (TPSA) is 43.1 Å². The molecule has 0 saturated heterocycles. The number of carbonyl (C=O) groups is 1. The summed E-state index contributed by atoms with van der Waals surface area (Å²) < 4.78 is 18.5. The molecule has 0 amide bonds. The van der Waals surface area contributed by atoms with Gasteiger partial charge in [-0.05, 0) is 43.3 Å². The summed E-state index contributed by atoms with van der Waals surface area (Å²) in [6.07, 6.45) is 0. The molecular weight excluding hydrogens is 245 g/mol. The summed E-state index contributed by atoms with van der Waals surface area (Å²) in [6.45, 7) is 1.49. The summed E-state index contributed by atoms with van der Waals surface area (Å²) in [6, 6.07) is 11.1. The van der Waals surface area contributed by atoms with Gasteiger partial charge in [-0.2, -0.15) is 0 Å². The Kier molecular flexibility index (Phi) is 2.63. The van der Waals surface area contributed by atoms with Gasteiger partial charge in [0.2, 0.25) is 5.89 Å². The van der Waals surface area contributed by atoms with Gasteiger partial charge in [0, 0.05) is 11.1 Å². The van der Waals surface area contributed by atoms with Crippen LogP contribution < -0.4 is 0 Å². The number of benzene rings is 2. The third-order valence-corrected chi connectivity index (χ3v) is 2.89. The molecule has 1 aromatic heterocycles. The second-order valence-corrected chi connectivity index (χ2v) is 4.23. The van der Waals surface area contributed by atoms with Crippen molar-refractivity contribution in [2.45, 2.75) is 6.92 Å². The van der Waals surface area contributed by atoms with Crippen LogP contribution >= 0.6 is 0 Å². The molecule has 0 radical (unpaired) electrons. The van der Waals surface area contributed by atoms with Gasteiger partial charge < -0.3 is 4.42 Å². The highest BCUT2D eigenvalue weighted by atomic mass is 19.1. The van der Waals surface area contributed by atoms with Crippen LogP contribution in [0.3, 0.4) is 0 Å². The van der Waals surface area contributed by atoms with E-state index in [0.29, 0.717) is 28.1 Å². The highest BCUT2D eigenvalue weighted by Crippen LogP contribution is 2.26. The van der Waals surface area contributed by atoms with Gasteiger partial charge in [0.25, 0.3) is 0 Å². The fraction of sp³-hybridized carbons (Fsp3) is 0.0667. The van der Waals surface area contributed by atoms with Gasteiger partial charge in [-0.1, -0.05) is 6.07 Å². The van der Waals surface area contributed by atoms with Gasteiger partial charge in [0.15, 0.2) is 11.4 Å². The Bertz CT molecular complexity index is 759. The van der Waals surface area contributed by atoms with Crippen molar-refractivity contribution in [2.24, 2.45) is 0 Å². The third kappa shape index (κ3) is 2.01. The fourth-order valence-corrected chi connectivity index (χ4v) is 1.95. The predicted molar refractivity (Wildman–Crippen MR) is 69.4 cm³/mol. The number of hydrogen-bond donors (Lipinski definition) is 0. The van der Waals surface area contributed by atoms with E-state index in [9.17, 15) is 9.18 Å². The van der Waals surface area contributed by atoms with E-state index in [1.807, 2.05) is 0 Å². The number of nitrogens with zero attached hydrogens (tertiary/aromatic N) is 1. The molecule has 0 unspecified atom stereocenters. The van der Waals surface area contributed by atoms with Gasteiger partial charge in [-0.25, -0.2) is 9.37 Å². The lowest BCUT2D eigenvalue weighted by molar-refractivity contribution is 0.101. The molecule has 0 spiro atoms. The maximum Gasteiger partial charge on any atom is 0.227 e. The van der Waals surface area contributed by atoms with Crippen LogP contribution in [0.1, 0.15) is 17.3 Å². The van der Waals surface area contributed by atoms with Gasteiger partial charge >= 0.3 is 0 Å². The van der Waals surface area contributed by atoms with E-state index < -0.39 is 0 Å². The van der Waals surface area contributed by atoms with Crippen molar-refractivity contribution in [1.29, 1.82) is 0 Å². The molecule has 0 aliphatic carbocycles. The number of carbonyl (C=O) groups excluding carboxylic acids is 1. The minimum absolute atomic E-state index is 0.0652. The number of aromatic nitrogens is 1. The summed E-state index contributed by atoms with van der Waals surface area (Å²) in [5, 5.41) is 0. The molecule has 3 nitrogen and oxygen atoms in total. The molecule has 3 aromatic rings. The Morgan fingerprint density at radius 1 is 1.16 bits per heavy atom. The lowest BCUT2D eigenvalue weighted by atomic mass is 10.1. The van der Waals surface area contributed by atoms with Crippen LogP contribution in [0, 0.1) is 5.82 Å². The Labute approximate surface area is 108 Å². The third-order valence-electron chi connectivity index (χ3n) is 2.89. The molecule has 94 valence electrons. The highest BCUT2D eigenvalue weighted by molar-refractivity contribution is 6.04. The van der Waals surface area contributed by atoms with Gasteiger partial charge in [-0.3, -0.25) is 4.79 Å². The first-order valence-electron chi connectivity index (χ1n) is 5.81. The largest absolute Gasteiger partial charge is 0.436 e. The Balaban J connectivity index is 2.19. The lowest BCUT2D eigenvalue weighted by Crippen LogP contribution is -1.92. The van der Waals surface area contributed by atoms with Gasteiger partial charge in [0.05, 0.1) is 0 Å². The predicted octanol–water partition coefficient (Wildman–Crippen LogP) is 3.84. The fourth-order valence-electron chi connectivity index (χ4n) is 1.95. The number of para-hydroxylation sites is 1. The monoisotopic (exact) mass is 255 g/mol. The standard InChI is InChI=1S/C15H10FNO2/c1-9(18)12-3-2-4-13-14(12)17-15(19-13)10-5-7-11(16)8-6-10/h2-8H,1H3. The average molecular weight is 255 g/mol. The van der Waals surface area contributed by atoms with E-state index >= 15 is 0 Å². The molecule has 19 heavy (non-hydrogen) atoms. The Morgan fingerprint density at radius 2 is 1.89 bits per heavy atom. The molecule has 0 aliphatic heterocycles. The van der Waals surface area contributed by atoms with Crippen molar-refractivity contribution >= 4 is 16.9 Å². The maximum absolute atomic E-state index is 12.9. The number of fused-ring (bicyclic) bond motifs is 1. The molecule has 0 aliphatic rings. The van der Waals surface area contributed by atoms with E-state index in [-0.39, 0.29) is 11.6 Å². The van der Waals surface area contributed by atoms with Crippen LogP contribution in [-0.2, 0) is 0 Å². The molecule has 0 atom stereocenters. The summed E-state index contributed by atoms with van der Waals surface area (Å²) in [5.74, 6) is -0.00228. The SMILES string of the molecule is CC(=O)c1cccc2oc(-c3ccc(F)cc3)nc12. The highest BCUT2D eigenvalue weighted by Gasteiger charge is 2.13. The van der Waals surface area contributed by atoms with E-state index in [0.717, 1.165) is 0 Å². The minimum atomic E-state index is -0.315. The van der Waals surface area contributed by atoms with Crippen LogP contribution in [-0.4, -0.2) is 10.8 Å².